The molecule has 1 aliphatic heterocycles. The minimum atomic E-state index is -4.38. The zero-order chi connectivity index (χ0) is 13.9. The van der Waals surface area contributed by atoms with Crippen molar-refractivity contribution in [2.24, 2.45) is 5.73 Å². The standard InChI is InChI=1S/C13H16F3NO2/c14-13(15,16)12-2-1-11(7-9(12)8-17)19-10-3-5-18-6-4-10/h1-2,7,10H,3-6,8,17H2. The number of alkyl halides is 3. The summed E-state index contributed by atoms with van der Waals surface area (Å²) in [5.41, 5.74) is 4.73. The van der Waals surface area contributed by atoms with Gasteiger partial charge < -0.3 is 15.2 Å². The molecule has 0 bridgehead atoms. The van der Waals surface area contributed by atoms with Crippen molar-refractivity contribution in [1.29, 1.82) is 0 Å². The highest BCUT2D eigenvalue weighted by Crippen LogP contribution is 2.34. The monoisotopic (exact) mass is 275 g/mol. The minimum absolute atomic E-state index is 0.00360. The molecule has 0 radical (unpaired) electrons. The van der Waals surface area contributed by atoms with Gasteiger partial charge in [0.05, 0.1) is 18.8 Å². The highest BCUT2D eigenvalue weighted by Gasteiger charge is 2.33. The molecule has 3 nitrogen and oxygen atoms in total. The van der Waals surface area contributed by atoms with Gasteiger partial charge in [0, 0.05) is 19.4 Å². The average molecular weight is 275 g/mol. The quantitative estimate of drug-likeness (QED) is 0.922. The first kappa shape index (κ1) is 14.1. The maximum atomic E-state index is 12.7. The van der Waals surface area contributed by atoms with Crippen molar-refractivity contribution in [1.82, 2.24) is 0 Å². The fourth-order valence-corrected chi connectivity index (χ4v) is 2.08. The molecule has 1 fully saturated rings. The number of nitrogens with two attached hydrogens (primary N) is 1. The smallest absolute Gasteiger partial charge is 0.416 e. The Kier molecular flexibility index (Phi) is 4.31. The molecule has 106 valence electrons. The molecule has 1 aliphatic rings. The van der Waals surface area contributed by atoms with Crippen molar-refractivity contribution in [3.05, 3.63) is 29.3 Å². The summed E-state index contributed by atoms with van der Waals surface area (Å²) in [7, 11) is 0. The van der Waals surface area contributed by atoms with Gasteiger partial charge >= 0.3 is 6.18 Å². The highest BCUT2D eigenvalue weighted by atomic mass is 19.4. The third-order valence-corrected chi connectivity index (χ3v) is 3.07. The first-order valence-electron chi connectivity index (χ1n) is 6.15. The van der Waals surface area contributed by atoms with Crippen LogP contribution in [-0.2, 0) is 17.5 Å². The predicted molar refractivity (Wildman–Crippen MR) is 63.8 cm³/mol. The Labute approximate surface area is 109 Å². The van der Waals surface area contributed by atoms with Crippen LogP contribution in [0.25, 0.3) is 0 Å². The molecule has 0 unspecified atom stereocenters. The largest absolute Gasteiger partial charge is 0.490 e. The van der Waals surface area contributed by atoms with Crippen molar-refractivity contribution in [2.45, 2.75) is 31.7 Å². The zero-order valence-corrected chi connectivity index (χ0v) is 10.4. The molecule has 0 amide bonds. The van der Waals surface area contributed by atoms with Crippen LogP contribution in [0.3, 0.4) is 0 Å². The zero-order valence-electron chi connectivity index (χ0n) is 10.4. The van der Waals surface area contributed by atoms with E-state index in [4.69, 9.17) is 15.2 Å². The molecule has 0 spiro atoms. The Morgan fingerprint density at radius 3 is 2.53 bits per heavy atom. The van der Waals surface area contributed by atoms with Gasteiger partial charge in [0.15, 0.2) is 0 Å². The second kappa shape index (κ2) is 5.79. The molecule has 19 heavy (non-hydrogen) atoms. The van der Waals surface area contributed by atoms with Gasteiger partial charge in [-0.1, -0.05) is 0 Å². The van der Waals surface area contributed by atoms with E-state index in [1.165, 1.54) is 12.1 Å². The van der Waals surface area contributed by atoms with Crippen LogP contribution in [-0.4, -0.2) is 19.3 Å². The highest BCUT2D eigenvalue weighted by molar-refractivity contribution is 5.37. The van der Waals surface area contributed by atoms with E-state index in [0.717, 1.165) is 18.9 Å². The van der Waals surface area contributed by atoms with Crippen LogP contribution in [0.15, 0.2) is 18.2 Å². The van der Waals surface area contributed by atoms with E-state index >= 15 is 0 Å². The molecule has 0 atom stereocenters. The maximum Gasteiger partial charge on any atom is 0.416 e. The third kappa shape index (κ3) is 3.61. The summed E-state index contributed by atoms with van der Waals surface area (Å²) < 4.78 is 49.0. The molecular formula is C13H16F3NO2. The lowest BCUT2D eigenvalue weighted by molar-refractivity contribution is -0.138. The van der Waals surface area contributed by atoms with Crippen LogP contribution in [0.5, 0.6) is 5.75 Å². The van der Waals surface area contributed by atoms with E-state index in [1.54, 1.807) is 0 Å². The summed E-state index contributed by atoms with van der Waals surface area (Å²) in [6.07, 6.45) is -2.89. The van der Waals surface area contributed by atoms with E-state index in [-0.39, 0.29) is 18.2 Å². The molecule has 2 rings (SSSR count). The molecule has 1 aromatic rings. The van der Waals surface area contributed by atoms with Gasteiger partial charge in [-0.15, -0.1) is 0 Å². The Morgan fingerprint density at radius 2 is 1.95 bits per heavy atom. The minimum Gasteiger partial charge on any atom is -0.490 e. The van der Waals surface area contributed by atoms with E-state index in [1.807, 2.05) is 0 Å². The number of benzene rings is 1. The summed E-state index contributed by atoms with van der Waals surface area (Å²) in [4.78, 5) is 0. The Balaban J connectivity index is 2.14. The van der Waals surface area contributed by atoms with Crippen molar-refractivity contribution in [3.63, 3.8) is 0 Å². The first-order valence-corrected chi connectivity index (χ1v) is 6.15. The van der Waals surface area contributed by atoms with Gasteiger partial charge in [-0.25, -0.2) is 0 Å². The molecular weight excluding hydrogens is 259 g/mol. The summed E-state index contributed by atoms with van der Waals surface area (Å²) in [6.45, 7) is 1.07. The summed E-state index contributed by atoms with van der Waals surface area (Å²) in [6, 6.07) is 3.74. The summed E-state index contributed by atoms with van der Waals surface area (Å²) in [5.74, 6) is 0.431. The molecule has 0 saturated carbocycles. The van der Waals surface area contributed by atoms with E-state index in [9.17, 15) is 13.2 Å². The summed E-state index contributed by atoms with van der Waals surface area (Å²) >= 11 is 0. The number of halogens is 3. The molecule has 2 N–H and O–H groups in total. The van der Waals surface area contributed by atoms with Gasteiger partial charge in [-0.2, -0.15) is 13.2 Å². The Hall–Kier alpha value is -1.27. The first-order chi connectivity index (χ1) is 9.00. The van der Waals surface area contributed by atoms with Crippen LogP contribution >= 0.6 is 0 Å². The van der Waals surface area contributed by atoms with Crippen molar-refractivity contribution in [2.75, 3.05) is 13.2 Å². The Morgan fingerprint density at radius 1 is 1.26 bits per heavy atom. The van der Waals surface area contributed by atoms with Crippen LogP contribution in [0.4, 0.5) is 13.2 Å². The number of hydrogen-bond acceptors (Lipinski definition) is 3. The Bertz CT molecular complexity index is 428. The predicted octanol–water partition coefficient (Wildman–Crippen LogP) is 2.72. The number of rotatable bonds is 3. The van der Waals surface area contributed by atoms with Gasteiger partial charge in [-0.05, 0) is 23.8 Å². The van der Waals surface area contributed by atoms with E-state index in [0.29, 0.717) is 19.0 Å². The molecule has 0 aliphatic carbocycles. The average Bonchev–Trinajstić information content (AvgIpc) is 2.38. The second-order valence-electron chi connectivity index (χ2n) is 4.45. The van der Waals surface area contributed by atoms with Crippen LogP contribution in [0.1, 0.15) is 24.0 Å². The van der Waals surface area contributed by atoms with Crippen molar-refractivity contribution in [3.8, 4) is 5.75 Å². The lowest BCUT2D eigenvalue weighted by Crippen LogP contribution is -2.26. The van der Waals surface area contributed by atoms with Gasteiger partial charge in [-0.3, -0.25) is 0 Å². The van der Waals surface area contributed by atoms with Gasteiger partial charge in [0.2, 0.25) is 0 Å². The molecule has 6 heteroatoms. The fourth-order valence-electron chi connectivity index (χ4n) is 2.08. The van der Waals surface area contributed by atoms with Crippen LogP contribution in [0, 0.1) is 0 Å². The third-order valence-electron chi connectivity index (χ3n) is 3.07. The van der Waals surface area contributed by atoms with Gasteiger partial charge in [0.25, 0.3) is 0 Å². The molecule has 0 aromatic heterocycles. The molecule has 1 aromatic carbocycles. The van der Waals surface area contributed by atoms with E-state index in [2.05, 4.69) is 0 Å². The second-order valence-corrected chi connectivity index (χ2v) is 4.45. The maximum absolute atomic E-state index is 12.7. The van der Waals surface area contributed by atoms with Crippen molar-refractivity contribution < 1.29 is 22.6 Å². The van der Waals surface area contributed by atoms with Crippen LogP contribution in [0.2, 0.25) is 0 Å². The fraction of sp³-hybridized carbons (Fsp3) is 0.538. The van der Waals surface area contributed by atoms with Gasteiger partial charge in [0.1, 0.15) is 11.9 Å². The topological polar surface area (TPSA) is 44.5 Å². The lowest BCUT2D eigenvalue weighted by atomic mass is 10.1. The normalized spacial score (nSPS) is 17.5. The summed E-state index contributed by atoms with van der Waals surface area (Å²) in [5, 5.41) is 0. The SMILES string of the molecule is NCc1cc(OC2CCOCC2)ccc1C(F)(F)F. The molecule has 1 saturated heterocycles. The molecule has 1 heterocycles. The van der Waals surface area contributed by atoms with E-state index < -0.39 is 11.7 Å². The number of ether oxygens (including phenoxy) is 2. The van der Waals surface area contributed by atoms with Crippen molar-refractivity contribution >= 4 is 0 Å². The lowest BCUT2D eigenvalue weighted by Gasteiger charge is -2.24. The number of hydrogen-bond donors (Lipinski definition) is 1. The van der Waals surface area contributed by atoms with Crippen LogP contribution < -0.4 is 10.5 Å².